The number of ether oxygens (including phenoxy) is 2. The molecule has 13 heteroatoms. The van der Waals surface area contributed by atoms with Crippen molar-refractivity contribution in [2.24, 2.45) is 0 Å². The van der Waals surface area contributed by atoms with Crippen molar-refractivity contribution >= 4 is 42.5 Å². The summed E-state index contributed by atoms with van der Waals surface area (Å²) in [4.78, 5) is 28.0. The monoisotopic (exact) mass is 575 g/mol. The minimum absolute atomic E-state index is 0.273. The Bertz CT molecular complexity index is 1530. The lowest BCUT2D eigenvalue weighted by Gasteiger charge is -2.15. The summed E-state index contributed by atoms with van der Waals surface area (Å²) in [7, 11) is 0.905. The fraction of sp³-hybridized carbons (Fsp3) is 0.393. The first-order valence-corrected chi connectivity index (χ1v) is 17.4. The SMILES string of the molecule is C=CC(=O)Nc1cccc(Oc2nc(Nc3cnn(C4CCN(C)C4)c3)nc3c2ncn3COCC[Si](C)(C)C)c1. The number of amides is 1. The van der Waals surface area contributed by atoms with E-state index in [4.69, 9.17) is 14.5 Å². The van der Waals surface area contributed by atoms with Crippen LogP contribution in [0.5, 0.6) is 11.6 Å². The van der Waals surface area contributed by atoms with E-state index in [0.29, 0.717) is 47.9 Å². The first kappa shape index (κ1) is 28.5. The molecule has 4 heterocycles. The molecule has 12 nitrogen and oxygen atoms in total. The summed E-state index contributed by atoms with van der Waals surface area (Å²) in [5.74, 6) is 0.790. The van der Waals surface area contributed by atoms with Gasteiger partial charge in [0.15, 0.2) is 11.2 Å². The van der Waals surface area contributed by atoms with Gasteiger partial charge in [-0.3, -0.25) is 14.0 Å². The van der Waals surface area contributed by atoms with Crippen molar-refractivity contribution in [3.05, 3.63) is 55.6 Å². The lowest BCUT2D eigenvalue weighted by molar-refractivity contribution is -0.111. The molecule has 5 rings (SSSR count). The third-order valence-corrected chi connectivity index (χ3v) is 8.46. The number of imidazole rings is 1. The van der Waals surface area contributed by atoms with Crippen LogP contribution in [0.3, 0.4) is 0 Å². The summed E-state index contributed by atoms with van der Waals surface area (Å²) in [5.41, 5.74) is 2.42. The molecule has 0 radical (unpaired) electrons. The molecule has 1 aliphatic rings. The first-order chi connectivity index (χ1) is 19.7. The lowest BCUT2D eigenvalue weighted by atomic mass is 10.3. The molecular formula is C28H37N9O3Si. The molecule has 1 aromatic carbocycles. The predicted octanol–water partition coefficient (Wildman–Crippen LogP) is 4.87. The number of carbonyl (C=O) groups is 1. The number of fused-ring (bicyclic) bond motifs is 1. The zero-order valence-electron chi connectivity index (χ0n) is 24.0. The second-order valence-corrected chi connectivity index (χ2v) is 17.1. The van der Waals surface area contributed by atoms with Crippen LogP contribution in [0.25, 0.3) is 11.2 Å². The predicted molar refractivity (Wildman–Crippen MR) is 161 cm³/mol. The van der Waals surface area contributed by atoms with E-state index in [1.165, 1.54) is 6.08 Å². The number of likely N-dealkylation sites (tertiary alicyclic amines) is 1. The number of nitrogens with zero attached hydrogens (tertiary/aromatic N) is 7. The van der Waals surface area contributed by atoms with Gasteiger partial charge in [0.05, 0.1) is 24.3 Å². The van der Waals surface area contributed by atoms with Crippen molar-refractivity contribution in [3.63, 3.8) is 0 Å². The van der Waals surface area contributed by atoms with Crippen LogP contribution < -0.4 is 15.4 Å². The highest BCUT2D eigenvalue weighted by Crippen LogP contribution is 2.30. The molecule has 0 aliphatic carbocycles. The number of hydrogen-bond donors (Lipinski definition) is 2. The third kappa shape index (κ3) is 7.37. The van der Waals surface area contributed by atoms with E-state index in [1.807, 2.05) is 15.4 Å². The minimum atomic E-state index is -1.21. The smallest absolute Gasteiger partial charge is 0.252 e. The Morgan fingerprint density at radius 1 is 1.24 bits per heavy atom. The second kappa shape index (κ2) is 12.2. The average molecular weight is 576 g/mol. The summed E-state index contributed by atoms with van der Waals surface area (Å²) in [6.45, 7) is 13.5. The van der Waals surface area contributed by atoms with Crippen LogP contribution in [0, 0.1) is 0 Å². The zero-order valence-corrected chi connectivity index (χ0v) is 25.0. The van der Waals surface area contributed by atoms with Crippen molar-refractivity contribution in [1.82, 2.24) is 34.2 Å². The Balaban J connectivity index is 1.42. The molecule has 3 aromatic heterocycles. The van der Waals surface area contributed by atoms with Gasteiger partial charge in [-0.15, -0.1) is 0 Å². The first-order valence-electron chi connectivity index (χ1n) is 13.7. The summed E-state index contributed by atoms with van der Waals surface area (Å²) < 4.78 is 16.0. The number of nitrogens with one attached hydrogen (secondary N) is 2. The molecule has 0 bridgehead atoms. The molecule has 1 aliphatic heterocycles. The molecule has 2 N–H and O–H groups in total. The van der Waals surface area contributed by atoms with Crippen LogP contribution in [-0.4, -0.2) is 74.9 Å². The number of aromatic nitrogens is 6. The van der Waals surface area contributed by atoms with E-state index in [-0.39, 0.29) is 11.8 Å². The van der Waals surface area contributed by atoms with E-state index in [1.54, 1.807) is 36.8 Å². The number of benzene rings is 1. The topological polar surface area (TPSA) is 124 Å². The average Bonchev–Trinajstić information content (AvgIpc) is 3.67. The van der Waals surface area contributed by atoms with Gasteiger partial charge >= 0.3 is 0 Å². The normalized spacial score (nSPS) is 15.8. The van der Waals surface area contributed by atoms with Gasteiger partial charge in [0.2, 0.25) is 11.9 Å². The maximum Gasteiger partial charge on any atom is 0.252 e. The van der Waals surface area contributed by atoms with Crippen LogP contribution in [0.4, 0.5) is 17.3 Å². The second-order valence-electron chi connectivity index (χ2n) is 11.4. The number of hydrogen-bond acceptors (Lipinski definition) is 9. The minimum Gasteiger partial charge on any atom is -0.437 e. The summed E-state index contributed by atoms with van der Waals surface area (Å²) in [6, 6.07) is 8.44. The fourth-order valence-electron chi connectivity index (χ4n) is 4.48. The third-order valence-electron chi connectivity index (χ3n) is 6.76. The maximum atomic E-state index is 11.8. The van der Waals surface area contributed by atoms with Gasteiger partial charge in [0.1, 0.15) is 12.5 Å². The molecule has 1 atom stereocenters. The van der Waals surface area contributed by atoms with Crippen molar-refractivity contribution < 1.29 is 14.3 Å². The summed E-state index contributed by atoms with van der Waals surface area (Å²) in [5, 5.41) is 10.6. The number of likely N-dealkylation sites (N-methyl/N-ethyl adjacent to an activating group) is 1. The largest absolute Gasteiger partial charge is 0.437 e. The molecule has 1 fully saturated rings. The fourth-order valence-corrected chi connectivity index (χ4v) is 5.24. The van der Waals surface area contributed by atoms with E-state index in [0.717, 1.165) is 31.2 Å². The van der Waals surface area contributed by atoms with Crippen molar-refractivity contribution in [1.29, 1.82) is 0 Å². The number of rotatable bonds is 12. The van der Waals surface area contributed by atoms with E-state index in [2.05, 4.69) is 63.9 Å². The molecule has 0 spiro atoms. The van der Waals surface area contributed by atoms with Crippen LogP contribution in [0.15, 0.2) is 55.6 Å². The van der Waals surface area contributed by atoms with Gasteiger partial charge in [-0.2, -0.15) is 15.1 Å². The van der Waals surface area contributed by atoms with Gasteiger partial charge < -0.3 is 25.0 Å². The van der Waals surface area contributed by atoms with Gasteiger partial charge in [-0.25, -0.2) is 4.98 Å². The highest BCUT2D eigenvalue weighted by Gasteiger charge is 2.22. The van der Waals surface area contributed by atoms with Crippen molar-refractivity contribution in [3.8, 4) is 11.6 Å². The Hall–Kier alpha value is -4.07. The molecule has 216 valence electrons. The molecule has 1 amide bonds. The molecule has 1 unspecified atom stereocenters. The quantitative estimate of drug-likeness (QED) is 0.138. The molecule has 1 saturated heterocycles. The highest BCUT2D eigenvalue weighted by molar-refractivity contribution is 6.76. The standard InChI is InChI=1S/C28H37N9O3Si/c1-6-24(38)31-20-8-7-9-23(14-20)40-27-25-26(36(18-29-25)19-39-12-13-41(3,4)5)33-28(34-27)32-21-15-30-37(16-21)22-10-11-35(2)17-22/h6-9,14-16,18,22H,1,10-13,17,19H2,2-5H3,(H,31,38)(H,32,33,34). The lowest BCUT2D eigenvalue weighted by Crippen LogP contribution is -2.22. The van der Waals surface area contributed by atoms with Crippen LogP contribution >= 0.6 is 0 Å². The highest BCUT2D eigenvalue weighted by atomic mass is 28.3. The van der Waals surface area contributed by atoms with Crippen LogP contribution in [0.2, 0.25) is 25.7 Å². The summed E-state index contributed by atoms with van der Waals surface area (Å²) in [6.07, 6.45) is 7.70. The number of anilines is 3. The molecule has 41 heavy (non-hydrogen) atoms. The van der Waals surface area contributed by atoms with E-state index < -0.39 is 8.07 Å². The molecule has 0 saturated carbocycles. The van der Waals surface area contributed by atoms with E-state index >= 15 is 0 Å². The summed E-state index contributed by atoms with van der Waals surface area (Å²) >= 11 is 0. The molecular weight excluding hydrogens is 538 g/mol. The Morgan fingerprint density at radius 3 is 2.85 bits per heavy atom. The van der Waals surface area contributed by atoms with Gasteiger partial charge in [0, 0.05) is 39.2 Å². The Kier molecular flexibility index (Phi) is 8.47. The van der Waals surface area contributed by atoms with Crippen LogP contribution in [0.1, 0.15) is 12.5 Å². The van der Waals surface area contributed by atoms with Crippen LogP contribution in [-0.2, 0) is 16.3 Å². The van der Waals surface area contributed by atoms with Gasteiger partial charge in [-0.1, -0.05) is 32.3 Å². The van der Waals surface area contributed by atoms with Gasteiger partial charge in [-0.05, 0) is 44.3 Å². The maximum absolute atomic E-state index is 11.8. The molecule has 4 aromatic rings. The van der Waals surface area contributed by atoms with E-state index in [9.17, 15) is 4.79 Å². The Morgan fingerprint density at radius 2 is 2.10 bits per heavy atom. The number of carbonyl (C=O) groups excluding carboxylic acids is 1. The van der Waals surface area contributed by atoms with Crippen molar-refractivity contribution in [2.45, 2.75) is 44.9 Å². The van der Waals surface area contributed by atoms with Gasteiger partial charge in [0.25, 0.3) is 5.88 Å². The Labute approximate surface area is 240 Å². The zero-order chi connectivity index (χ0) is 29.0. The van der Waals surface area contributed by atoms with Crippen molar-refractivity contribution in [2.75, 3.05) is 37.4 Å².